The highest BCUT2D eigenvalue weighted by atomic mass is 79.9. The third-order valence-electron chi connectivity index (χ3n) is 2.55. The number of carbonyl (C=O) groups excluding carboxylic acids is 1. The maximum atomic E-state index is 11.9. The van der Waals surface area contributed by atoms with Crippen molar-refractivity contribution in [3.63, 3.8) is 0 Å². The Labute approximate surface area is 118 Å². The highest BCUT2D eigenvalue weighted by Gasteiger charge is 2.18. The Bertz CT molecular complexity index is 433. The van der Waals surface area contributed by atoms with E-state index in [0.29, 0.717) is 15.7 Å². The molecule has 0 aromatic heterocycles. The van der Waals surface area contributed by atoms with Crippen molar-refractivity contribution in [1.29, 1.82) is 0 Å². The number of rotatable bonds is 3. The Hall–Kier alpha value is -0.550. The van der Waals surface area contributed by atoms with Gasteiger partial charge in [0.25, 0.3) is 0 Å². The number of hydrogen-bond acceptors (Lipinski definition) is 3. The third-order valence-corrected chi connectivity index (χ3v) is 3.66. The van der Waals surface area contributed by atoms with E-state index in [-0.39, 0.29) is 12.0 Å². The molecule has 0 aliphatic carbocycles. The summed E-state index contributed by atoms with van der Waals surface area (Å²) in [6, 6.07) is 3.45. The van der Waals surface area contributed by atoms with Crippen LogP contribution in [0, 0.1) is 5.92 Å². The zero-order valence-corrected chi connectivity index (χ0v) is 13.1. The molecule has 0 aliphatic heterocycles. The van der Waals surface area contributed by atoms with Crippen LogP contribution in [0.3, 0.4) is 0 Å². The van der Waals surface area contributed by atoms with Gasteiger partial charge in [0.05, 0.1) is 11.3 Å². The first kappa shape index (κ1) is 14.5. The fourth-order valence-corrected chi connectivity index (χ4v) is 2.35. The fourth-order valence-electron chi connectivity index (χ4n) is 1.12. The van der Waals surface area contributed by atoms with Gasteiger partial charge in [0.15, 0.2) is 0 Å². The van der Waals surface area contributed by atoms with E-state index in [1.54, 1.807) is 12.1 Å². The van der Waals surface area contributed by atoms with Gasteiger partial charge in [-0.2, -0.15) is 0 Å². The monoisotopic (exact) mass is 363 g/mol. The average molecular weight is 365 g/mol. The molecule has 1 aromatic rings. The van der Waals surface area contributed by atoms with Crippen LogP contribution in [0.5, 0.6) is 0 Å². The molecule has 0 heterocycles. The Balaban J connectivity index is 2.97. The summed E-state index contributed by atoms with van der Waals surface area (Å²) < 4.78 is 6.79. The Kier molecular flexibility index (Phi) is 5.01. The molecule has 1 atom stereocenters. The minimum Gasteiger partial charge on any atom is -0.459 e. The molecule has 2 N–H and O–H groups in total. The first-order valence-electron chi connectivity index (χ1n) is 5.28. The van der Waals surface area contributed by atoms with Gasteiger partial charge in [-0.3, -0.25) is 0 Å². The summed E-state index contributed by atoms with van der Waals surface area (Å²) in [5.41, 5.74) is 6.61. The van der Waals surface area contributed by atoms with Gasteiger partial charge in [0, 0.05) is 8.95 Å². The molecule has 94 valence electrons. The summed E-state index contributed by atoms with van der Waals surface area (Å²) >= 11 is 6.61. The molecule has 1 rings (SSSR count). The fraction of sp³-hybridized carbons (Fsp3) is 0.417. The van der Waals surface area contributed by atoms with Crippen molar-refractivity contribution < 1.29 is 9.53 Å². The molecule has 1 aromatic carbocycles. The summed E-state index contributed by atoms with van der Waals surface area (Å²) in [4.78, 5) is 11.9. The molecule has 0 aliphatic rings. The molecule has 3 nitrogen and oxygen atoms in total. The van der Waals surface area contributed by atoms with Gasteiger partial charge < -0.3 is 10.5 Å². The summed E-state index contributed by atoms with van der Waals surface area (Å²) in [7, 11) is 0. The van der Waals surface area contributed by atoms with E-state index in [1.165, 1.54) is 0 Å². The van der Waals surface area contributed by atoms with Crippen molar-refractivity contribution in [1.82, 2.24) is 0 Å². The molecule has 17 heavy (non-hydrogen) atoms. The quantitative estimate of drug-likeness (QED) is 0.651. The molecular formula is C12H15Br2NO2. The number of ether oxygens (including phenoxy) is 1. The third kappa shape index (κ3) is 3.71. The second kappa shape index (κ2) is 5.87. The van der Waals surface area contributed by atoms with Crippen molar-refractivity contribution in [3.05, 3.63) is 26.6 Å². The number of esters is 1. The van der Waals surface area contributed by atoms with Crippen LogP contribution < -0.4 is 5.73 Å². The van der Waals surface area contributed by atoms with Crippen molar-refractivity contribution in [2.75, 3.05) is 5.73 Å². The second-order valence-corrected chi connectivity index (χ2v) is 5.97. The van der Waals surface area contributed by atoms with Crippen LogP contribution in [-0.2, 0) is 4.74 Å². The molecule has 0 radical (unpaired) electrons. The van der Waals surface area contributed by atoms with Crippen molar-refractivity contribution in [2.45, 2.75) is 26.9 Å². The first-order valence-corrected chi connectivity index (χ1v) is 6.87. The molecular weight excluding hydrogens is 350 g/mol. The van der Waals surface area contributed by atoms with E-state index in [4.69, 9.17) is 10.5 Å². The van der Waals surface area contributed by atoms with Gasteiger partial charge in [-0.05, 0) is 40.9 Å². The molecule has 0 saturated heterocycles. The molecule has 0 saturated carbocycles. The molecule has 0 spiro atoms. The molecule has 0 bridgehead atoms. The van der Waals surface area contributed by atoms with E-state index in [9.17, 15) is 4.79 Å². The van der Waals surface area contributed by atoms with Crippen LogP contribution in [0.25, 0.3) is 0 Å². The number of anilines is 1. The molecule has 5 heteroatoms. The van der Waals surface area contributed by atoms with Gasteiger partial charge in [-0.1, -0.05) is 29.8 Å². The highest BCUT2D eigenvalue weighted by Crippen LogP contribution is 2.29. The van der Waals surface area contributed by atoms with Crippen LogP contribution >= 0.6 is 31.9 Å². The maximum absolute atomic E-state index is 11.9. The minimum atomic E-state index is -0.397. The highest BCUT2D eigenvalue weighted by molar-refractivity contribution is 9.11. The van der Waals surface area contributed by atoms with Crippen LogP contribution in [-0.4, -0.2) is 12.1 Å². The predicted octanol–water partition coefficient (Wildman–Crippen LogP) is 4.00. The number of nitrogen functional groups attached to an aromatic ring is 1. The smallest absolute Gasteiger partial charge is 0.340 e. The molecule has 0 amide bonds. The van der Waals surface area contributed by atoms with Crippen LogP contribution in [0.2, 0.25) is 0 Å². The van der Waals surface area contributed by atoms with Gasteiger partial charge in [0.1, 0.15) is 6.10 Å². The summed E-state index contributed by atoms with van der Waals surface area (Å²) in [6.07, 6.45) is -0.139. The number of hydrogen-bond donors (Lipinski definition) is 1. The van der Waals surface area contributed by atoms with Crippen LogP contribution in [0.1, 0.15) is 31.1 Å². The number of carbonyl (C=O) groups is 1. The van der Waals surface area contributed by atoms with E-state index in [1.807, 2.05) is 20.8 Å². The lowest BCUT2D eigenvalue weighted by Gasteiger charge is -2.17. The normalized spacial score (nSPS) is 12.6. The van der Waals surface area contributed by atoms with Gasteiger partial charge >= 0.3 is 5.97 Å². The lowest BCUT2D eigenvalue weighted by atomic mass is 10.1. The zero-order chi connectivity index (χ0) is 13.2. The van der Waals surface area contributed by atoms with Gasteiger partial charge in [-0.25, -0.2) is 4.79 Å². The second-order valence-electron chi connectivity index (χ2n) is 4.20. The summed E-state index contributed by atoms with van der Waals surface area (Å²) in [5, 5.41) is 0. The lowest BCUT2D eigenvalue weighted by molar-refractivity contribution is 0.0239. The Morgan fingerprint density at radius 2 is 1.88 bits per heavy atom. The largest absolute Gasteiger partial charge is 0.459 e. The van der Waals surface area contributed by atoms with Crippen molar-refractivity contribution >= 4 is 43.5 Å². The van der Waals surface area contributed by atoms with Crippen molar-refractivity contribution in [3.8, 4) is 0 Å². The lowest BCUT2D eigenvalue weighted by Crippen LogP contribution is -2.21. The number of nitrogens with two attached hydrogens (primary N) is 1. The maximum Gasteiger partial charge on any atom is 0.340 e. The van der Waals surface area contributed by atoms with E-state index in [2.05, 4.69) is 31.9 Å². The minimum absolute atomic E-state index is 0.139. The topological polar surface area (TPSA) is 52.3 Å². The first-order chi connectivity index (χ1) is 7.82. The molecule has 1 unspecified atom stereocenters. The standard InChI is InChI=1S/C12H15Br2NO2/c1-6(2)7(3)17-12(16)9-4-8(13)5-10(14)11(9)15/h4-7H,15H2,1-3H3. The SMILES string of the molecule is CC(C)C(C)OC(=O)c1cc(Br)cc(Br)c1N. The van der Waals surface area contributed by atoms with E-state index < -0.39 is 5.97 Å². The van der Waals surface area contributed by atoms with Crippen LogP contribution in [0.15, 0.2) is 21.1 Å². The molecule has 0 fully saturated rings. The average Bonchev–Trinajstić information content (AvgIpc) is 2.22. The van der Waals surface area contributed by atoms with Crippen molar-refractivity contribution in [2.24, 2.45) is 5.92 Å². The Morgan fingerprint density at radius 3 is 2.41 bits per heavy atom. The van der Waals surface area contributed by atoms with Gasteiger partial charge in [-0.15, -0.1) is 0 Å². The zero-order valence-electron chi connectivity index (χ0n) is 9.96. The summed E-state index contributed by atoms with van der Waals surface area (Å²) in [5.74, 6) is -0.124. The number of halogens is 2. The predicted molar refractivity (Wildman–Crippen MR) is 76.0 cm³/mol. The van der Waals surface area contributed by atoms with E-state index in [0.717, 1.165) is 4.47 Å². The summed E-state index contributed by atoms with van der Waals surface area (Å²) in [6.45, 7) is 5.86. The van der Waals surface area contributed by atoms with Gasteiger partial charge in [0.2, 0.25) is 0 Å². The van der Waals surface area contributed by atoms with E-state index >= 15 is 0 Å². The Morgan fingerprint density at radius 1 is 1.29 bits per heavy atom. The van der Waals surface area contributed by atoms with Crippen LogP contribution in [0.4, 0.5) is 5.69 Å². The number of benzene rings is 1.